The molecule has 3 fully saturated rings. The van der Waals surface area contributed by atoms with Crippen molar-refractivity contribution in [2.75, 3.05) is 0 Å². The number of aliphatic hydroxyl groups is 4. The van der Waals surface area contributed by atoms with Crippen LogP contribution in [0.1, 0.15) is 91.9 Å². The van der Waals surface area contributed by atoms with Crippen LogP contribution in [0.25, 0.3) is 0 Å². The van der Waals surface area contributed by atoms with Crippen LogP contribution in [0.3, 0.4) is 0 Å². The molecule has 0 saturated heterocycles. The quantitative estimate of drug-likeness (QED) is 0.444. The van der Waals surface area contributed by atoms with Gasteiger partial charge in [-0.25, -0.2) is 0 Å². The van der Waals surface area contributed by atoms with E-state index in [0.29, 0.717) is 37.0 Å². The highest BCUT2D eigenvalue weighted by atomic mass is 16.5. The summed E-state index contributed by atoms with van der Waals surface area (Å²) in [5, 5.41) is 40.4. The van der Waals surface area contributed by atoms with Gasteiger partial charge in [0.15, 0.2) is 5.79 Å². The third-order valence-electron chi connectivity index (χ3n) is 8.69. The van der Waals surface area contributed by atoms with Crippen LogP contribution < -0.4 is 0 Å². The molecule has 0 aromatic rings. The number of fused-ring (bicyclic) bond motifs is 1. The Balaban J connectivity index is 1.71. The highest BCUT2D eigenvalue weighted by molar-refractivity contribution is 5.36. The van der Waals surface area contributed by atoms with E-state index in [0.717, 1.165) is 24.0 Å². The van der Waals surface area contributed by atoms with Gasteiger partial charge in [0.2, 0.25) is 0 Å². The summed E-state index contributed by atoms with van der Waals surface area (Å²) in [6.07, 6.45) is 12.5. The van der Waals surface area contributed by atoms with Gasteiger partial charge in [0.1, 0.15) is 0 Å². The molecule has 3 saturated carbocycles. The minimum atomic E-state index is -1.60. The number of hydrogen-bond donors (Lipinski definition) is 4. The molecule has 2 unspecified atom stereocenters. The molecule has 0 aromatic carbocycles. The first-order valence-electron chi connectivity index (χ1n) is 12.3. The maximum absolute atomic E-state index is 10.3. The maximum Gasteiger partial charge on any atom is 0.166 e. The number of aliphatic hydroxyl groups excluding tert-OH is 1. The summed E-state index contributed by atoms with van der Waals surface area (Å²) in [4.78, 5) is 0. The average molecular weight is 433 g/mol. The molecule has 3 aliphatic carbocycles. The predicted molar refractivity (Wildman–Crippen MR) is 125 cm³/mol. The fourth-order valence-corrected chi connectivity index (χ4v) is 6.60. The Bertz CT molecular complexity index is 726. The van der Waals surface area contributed by atoms with Gasteiger partial charge in [-0.15, -0.1) is 0 Å². The van der Waals surface area contributed by atoms with Gasteiger partial charge in [-0.2, -0.15) is 0 Å². The van der Waals surface area contributed by atoms with Gasteiger partial charge < -0.3 is 20.4 Å². The van der Waals surface area contributed by atoms with Crippen molar-refractivity contribution in [3.63, 3.8) is 0 Å². The van der Waals surface area contributed by atoms with Crippen LogP contribution >= 0.6 is 0 Å². The van der Waals surface area contributed by atoms with Gasteiger partial charge in [0, 0.05) is 12.8 Å². The second-order valence-electron chi connectivity index (χ2n) is 11.5. The molecule has 4 heteroatoms. The summed E-state index contributed by atoms with van der Waals surface area (Å²) in [5.74, 6) is 0.130. The SMILES string of the molecule is C=C1CCC(O)(O)C/C1=C/C=C1CCC[C@@]2(C)C1CC[C@@H]2[C@H](C)CCC(O)C(C)(C)O. The standard InChI is InChI=1S/C27H44O4/c1-18-14-16-27(30,31)17-21(18)10-9-20-7-6-15-26(5)22(11-12-23(20)26)19(2)8-13-24(28)25(3,4)29/h9-10,19,22-24,28-31H,1,6-8,11-17H2,2-5H3/b20-9?,21-10-/t19-,22-,23?,24?,26-/m1/s1. The topological polar surface area (TPSA) is 80.9 Å². The van der Waals surface area contributed by atoms with Crippen molar-refractivity contribution in [1.82, 2.24) is 0 Å². The summed E-state index contributed by atoms with van der Waals surface area (Å²) >= 11 is 0. The van der Waals surface area contributed by atoms with E-state index in [4.69, 9.17) is 0 Å². The molecule has 0 heterocycles. The van der Waals surface area contributed by atoms with Crippen LogP contribution in [-0.4, -0.2) is 37.9 Å². The summed E-state index contributed by atoms with van der Waals surface area (Å²) in [6, 6.07) is 0. The lowest BCUT2D eigenvalue weighted by Crippen LogP contribution is -2.38. The average Bonchev–Trinajstić information content (AvgIpc) is 3.03. The van der Waals surface area contributed by atoms with Crippen LogP contribution in [0.5, 0.6) is 0 Å². The van der Waals surface area contributed by atoms with Crippen LogP contribution in [-0.2, 0) is 0 Å². The highest BCUT2D eigenvalue weighted by Crippen LogP contribution is 2.60. The Hall–Kier alpha value is -0.940. The molecular weight excluding hydrogens is 388 g/mol. The maximum atomic E-state index is 10.3. The van der Waals surface area contributed by atoms with E-state index in [-0.39, 0.29) is 11.8 Å². The third-order valence-corrected chi connectivity index (χ3v) is 8.69. The van der Waals surface area contributed by atoms with Gasteiger partial charge >= 0.3 is 0 Å². The lowest BCUT2D eigenvalue weighted by Gasteiger charge is -2.44. The minimum absolute atomic E-state index is 0.265. The van der Waals surface area contributed by atoms with Crippen LogP contribution in [0.4, 0.5) is 0 Å². The number of rotatable bonds is 6. The summed E-state index contributed by atoms with van der Waals surface area (Å²) < 4.78 is 0. The van der Waals surface area contributed by atoms with Gasteiger partial charge in [0.05, 0.1) is 11.7 Å². The van der Waals surface area contributed by atoms with E-state index in [1.54, 1.807) is 13.8 Å². The minimum Gasteiger partial charge on any atom is -0.390 e. The highest BCUT2D eigenvalue weighted by Gasteiger charge is 2.50. The lowest BCUT2D eigenvalue weighted by atomic mass is 9.60. The summed E-state index contributed by atoms with van der Waals surface area (Å²) in [6.45, 7) is 12.3. The Morgan fingerprint density at radius 2 is 1.84 bits per heavy atom. The molecular formula is C27H44O4. The van der Waals surface area contributed by atoms with Gasteiger partial charge in [0.25, 0.3) is 0 Å². The fraction of sp³-hybridized carbons (Fsp3) is 0.778. The van der Waals surface area contributed by atoms with Gasteiger partial charge in [-0.3, -0.25) is 0 Å². The van der Waals surface area contributed by atoms with Crippen molar-refractivity contribution in [1.29, 1.82) is 0 Å². The second-order valence-corrected chi connectivity index (χ2v) is 11.5. The van der Waals surface area contributed by atoms with Crippen molar-refractivity contribution in [3.05, 3.63) is 35.5 Å². The van der Waals surface area contributed by atoms with E-state index in [1.165, 1.54) is 31.3 Å². The monoisotopic (exact) mass is 432 g/mol. The molecule has 0 amide bonds. The molecule has 0 aliphatic heterocycles. The molecule has 3 rings (SSSR count). The molecule has 0 radical (unpaired) electrons. The molecule has 31 heavy (non-hydrogen) atoms. The number of hydrogen-bond acceptors (Lipinski definition) is 4. The van der Waals surface area contributed by atoms with E-state index < -0.39 is 17.5 Å². The Kier molecular flexibility index (Phi) is 7.27. The molecule has 3 aliphatic rings. The van der Waals surface area contributed by atoms with Crippen molar-refractivity contribution in [2.45, 2.75) is 109 Å². The predicted octanol–water partition coefficient (Wildman–Crippen LogP) is 5.02. The van der Waals surface area contributed by atoms with Crippen molar-refractivity contribution < 1.29 is 20.4 Å². The Morgan fingerprint density at radius 3 is 2.52 bits per heavy atom. The molecule has 4 nitrogen and oxygen atoms in total. The van der Waals surface area contributed by atoms with E-state index >= 15 is 0 Å². The molecule has 0 aromatic heterocycles. The zero-order valence-electron chi connectivity index (χ0n) is 20.0. The molecule has 0 spiro atoms. The Morgan fingerprint density at radius 1 is 1.13 bits per heavy atom. The fourth-order valence-electron chi connectivity index (χ4n) is 6.60. The molecule has 4 N–H and O–H groups in total. The van der Waals surface area contributed by atoms with Crippen LogP contribution in [0, 0.1) is 23.2 Å². The first kappa shape index (κ1) is 24.7. The second kappa shape index (κ2) is 9.13. The van der Waals surface area contributed by atoms with E-state index in [2.05, 4.69) is 32.6 Å². The van der Waals surface area contributed by atoms with Crippen molar-refractivity contribution in [3.8, 4) is 0 Å². The molecule has 5 atom stereocenters. The number of allylic oxidation sites excluding steroid dienone is 4. The Labute approximate surface area is 188 Å². The smallest absolute Gasteiger partial charge is 0.166 e. The third kappa shape index (κ3) is 5.52. The zero-order valence-corrected chi connectivity index (χ0v) is 20.0. The van der Waals surface area contributed by atoms with Crippen LogP contribution in [0.15, 0.2) is 35.5 Å². The van der Waals surface area contributed by atoms with E-state index in [1.807, 2.05) is 0 Å². The van der Waals surface area contributed by atoms with Crippen LogP contribution in [0.2, 0.25) is 0 Å². The largest absolute Gasteiger partial charge is 0.390 e. The molecule has 176 valence electrons. The van der Waals surface area contributed by atoms with Gasteiger partial charge in [-0.05, 0) is 94.0 Å². The summed E-state index contributed by atoms with van der Waals surface area (Å²) in [7, 11) is 0. The first-order valence-corrected chi connectivity index (χ1v) is 12.3. The van der Waals surface area contributed by atoms with Crippen molar-refractivity contribution in [2.24, 2.45) is 23.2 Å². The van der Waals surface area contributed by atoms with Crippen molar-refractivity contribution >= 4 is 0 Å². The molecule has 0 bridgehead atoms. The first-order chi connectivity index (χ1) is 14.3. The normalized spacial score (nSPS) is 35.9. The lowest BCUT2D eigenvalue weighted by molar-refractivity contribution is -0.166. The van der Waals surface area contributed by atoms with E-state index in [9.17, 15) is 20.4 Å². The van der Waals surface area contributed by atoms with Gasteiger partial charge in [-0.1, -0.05) is 43.7 Å². The zero-order chi connectivity index (χ0) is 23.0. The summed E-state index contributed by atoms with van der Waals surface area (Å²) in [5.41, 5.74) is 2.74.